The van der Waals surface area contributed by atoms with Gasteiger partial charge in [0.25, 0.3) is 0 Å². The predicted molar refractivity (Wildman–Crippen MR) is 78.7 cm³/mol. The van der Waals surface area contributed by atoms with E-state index in [2.05, 4.69) is 13.2 Å². The summed E-state index contributed by atoms with van der Waals surface area (Å²) in [5.74, 6) is -0.659. The van der Waals surface area contributed by atoms with Crippen LogP contribution in [0.1, 0.15) is 0 Å². The summed E-state index contributed by atoms with van der Waals surface area (Å²) in [5, 5.41) is 0. The summed E-state index contributed by atoms with van der Waals surface area (Å²) in [7, 11) is -1.35. The molecule has 0 aliphatic heterocycles. The fraction of sp³-hybridized carbons (Fsp3) is 0.286. The second-order valence-corrected chi connectivity index (χ2v) is 5.94. The molecule has 0 N–H and O–H groups in total. The van der Waals surface area contributed by atoms with Crippen LogP contribution in [0.25, 0.3) is 0 Å². The first-order valence-electron chi connectivity index (χ1n) is 6.05. The van der Waals surface area contributed by atoms with E-state index in [1.165, 1.54) is 26.4 Å². The molecule has 0 saturated heterocycles. The molecule has 0 atom stereocenters. The number of nitrogens with zero attached hydrogens (tertiary/aromatic N) is 1. The normalized spacial score (nSPS) is 11.2. The average molecular weight is 315 g/mol. The monoisotopic (exact) mass is 315 g/mol. The molecule has 0 aliphatic carbocycles. The first-order valence-corrected chi connectivity index (χ1v) is 7.49. The molecule has 5 nitrogen and oxygen atoms in total. The van der Waals surface area contributed by atoms with Gasteiger partial charge in [-0.3, -0.25) is 0 Å². The van der Waals surface area contributed by atoms with Gasteiger partial charge >= 0.3 is 0 Å². The van der Waals surface area contributed by atoms with Crippen molar-refractivity contribution in [1.29, 1.82) is 0 Å². The van der Waals surface area contributed by atoms with Crippen LogP contribution in [0, 0.1) is 5.82 Å². The summed E-state index contributed by atoms with van der Waals surface area (Å²) in [4.78, 5) is -0.483. The van der Waals surface area contributed by atoms with Gasteiger partial charge in [-0.2, -0.15) is 4.31 Å². The number of ether oxygens (including phenoxy) is 2. The third-order valence-electron chi connectivity index (χ3n) is 2.72. The maximum Gasteiger partial charge on any atom is 0.246 e. The van der Waals surface area contributed by atoms with Crippen LogP contribution in [0.2, 0.25) is 0 Å². The van der Waals surface area contributed by atoms with Crippen LogP contribution in [-0.4, -0.2) is 40.0 Å². The Morgan fingerprint density at radius 1 is 1.14 bits per heavy atom. The van der Waals surface area contributed by atoms with Crippen LogP contribution < -0.4 is 9.47 Å². The van der Waals surface area contributed by atoms with Gasteiger partial charge in [0.05, 0.1) is 14.2 Å². The standard InChI is InChI=1S/C14H18FNO4S/c1-5-7-16(8-6-2)21(17,18)14-10-13(20-4)12(19-3)9-11(14)15/h5-6,9-10H,1-2,7-8H2,3-4H3. The first-order chi connectivity index (χ1) is 9.92. The summed E-state index contributed by atoms with van der Waals surface area (Å²) in [6, 6.07) is 2.08. The lowest BCUT2D eigenvalue weighted by atomic mass is 10.3. The highest BCUT2D eigenvalue weighted by molar-refractivity contribution is 7.89. The summed E-state index contributed by atoms with van der Waals surface area (Å²) < 4.78 is 50.1. The van der Waals surface area contributed by atoms with Crippen LogP contribution in [0.4, 0.5) is 4.39 Å². The molecule has 7 heteroatoms. The Bertz CT molecular complexity index is 618. The van der Waals surface area contributed by atoms with Gasteiger partial charge in [-0.15, -0.1) is 13.2 Å². The average Bonchev–Trinajstić information content (AvgIpc) is 2.46. The quantitative estimate of drug-likeness (QED) is 0.690. The Hall–Kier alpha value is -1.86. The van der Waals surface area contributed by atoms with E-state index in [4.69, 9.17) is 9.47 Å². The zero-order chi connectivity index (χ0) is 16.0. The number of benzene rings is 1. The molecule has 0 fully saturated rings. The minimum Gasteiger partial charge on any atom is -0.493 e. The SMILES string of the molecule is C=CCN(CC=C)S(=O)(=O)c1cc(OC)c(OC)cc1F. The minimum absolute atomic E-state index is 0.0438. The number of methoxy groups -OCH3 is 2. The summed E-state index contributed by atoms with van der Waals surface area (Å²) in [6.07, 6.45) is 2.83. The van der Waals surface area contributed by atoms with Crippen molar-refractivity contribution in [2.75, 3.05) is 27.3 Å². The third-order valence-corrected chi connectivity index (χ3v) is 4.57. The lowest BCUT2D eigenvalue weighted by Gasteiger charge is -2.20. The largest absolute Gasteiger partial charge is 0.493 e. The van der Waals surface area contributed by atoms with Crippen LogP contribution in [0.3, 0.4) is 0 Å². The van der Waals surface area contributed by atoms with E-state index in [9.17, 15) is 12.8 Å². The van der Waals surface area contributed by atoms with Crippen molar-refractivity contribution in [3.8, 4) is 11.5 Å². The Morgan fingerprint density at radius 2 is 1.62 bits per heavy atom. The van der Waals surface area contributed by atoms with E-state index in [1.54, 1.807) is 0 Å². The van der Waals surface area contributed by atoms with Gasteiger partial charge in [-0.25, -0.2) is 12.8 Å². The maximum absolute atomic E-state index is 14.1. The van der Waals surface area contributed by atoms with Crippen molar-refractivity contribution in [1.82, 2.24) is 4.31 Å². The second-order valence-electron chi connectivity index (χ2n) is 4.04. The van der Waals surface area contributed by atoms with Gasteiger partial charge in [-0.1, -0.05) is 12.2 Å². The van der Waals surface area contributed by atoms with Crippen molar-refractivity contribution >= 4 is 10.0 Å². The predicted octanol–water partition coefficient (Wildman–Crippen LogP) is 2.21. The summed E-state index contributed by atoms with van der Waals surface area (Å²) in [5.41, 5.74) is 0. The van der Waals surface area contributed by atoms with Crippen LogP contribution in [0.5, 0.6) is 11.5 Å². The van der Waals surface area contributed by atoms with E-state index < -0.39 is 20.7 Å². The minimum atomic E-state index is -4.03. The fourth-order valence-corrected chi connectivity index (χ4v) is 3.17. The highest BCUT2D eigenvalue weighted by Gasteiger charge is 2.28. The maximum atomic E-state index is 14.1. The fourth-order valence-electron chi connectivity index (χ4n) is 1.73. The molecule has 0 bridgehead atoms. The summed E-state index contributed by atoms with van der Waals surface area (Å²) >= 11 is 0. The highest BCUT2D eigenvalue weighted by atomic mass is 32.2. The molecular weight excluding hydrogens is 297 g/mol. The van der Waals surface area contributed by atoms with Crippen molar-refractivity contribution in [2.45, 2.75) is 4.90 Å². The van der Waals surface area contributed by atoms with Crippen molar-refractivity contribution in [3.05, 3.63) is 43.3 Å². The van der Waals surface area contributed by atoms with Crippen molar-refractivity contribution in [3.63, 3.8) is 0 Å². The molecular formula is C14H18FNO4S. The van der Waals surface area contributed by atoms with E-state index in [1.807, 2.05) is 0 Å². The highest BCUT2D eigenvalue weighted by Crippen LogP contribution is 2.33. The molecule has 1 aromatic rings. The molecule has 0 heterocycles. The summed E-state index contributed by atoms with van der Waals surface area (Å²) in [6.45, 7) is 7.08. The Morgan fingerprint density at radius 3 is 2.05 bits per heavy atom. The molecule has 0 saturated carbocycles. The van der Waals surface area contributed by atoms with Gasteiger partial charge < -0.3 is 9.47 Å². The molecule has 0 unspecified atom stereocenters. The smallest absolute Gasteiger partial charge is 0.246 e. The van der Waals surface area contributed by atoms with Crippen LogP contribution >= 0.6 is 0 Å². The number of rotatable bonds is 8. The molecule has 1 aromatic carbocycles. The van der Waals surface area contributed by atoms with Gasteiger partial charge in [-0.05, 0) is 0 Å². The molecule has 0 aliphatic rings. The van der Waals surface area contributed by atoms with Crippen LogP contribution in [-0.2, 0) is 10.0 Å². The van der Waals surface area contributed by atoms with Gasteiger partial charge in [0.15, 0.2) is 11.5 Å². The zero-order valence-electron chi connectivity index (χ0n) is 12.0. The lowest BCUT2D eigenvalue weighted by Crippen LogP contribution is -2.32. The Balaban J connectivity index is 3.42. The molecule has 0 aromatic heterocycles. The lowest BCUT2D eigenvalue weighted by molar-refractivity contribution is 0.349. The van der Waals surface area contributed by atoms with Gasteiger partial charge in [0, 0.05) is 25.2 Å². The number of sulfonamides is 1. The van der Waals surface area contributed by atoms with E-state index in [0.717, 1.165) is 16.4 Å². The molecule has 116 valence electrons. The van der Waals surface area contributed by atoms with E-state index in [-0.39, 0.29) is 24.6 Å². The van der Waals surface area contributed by atoms with Gasteiger partial charge in [0.2, 0.25) is 10.0 Å². The van der Waals surface area contributed by atoms with E-state index in [0.29, 0.717) is 0 Å². The molecule has 0 radical (unpaired) electrons. The topological polar surface area (TPSA) is 55.8 Å². The first kappa shape index (κ1) is 17.2. The molecule has 1 rings (SSSR count). The van der Waals surface area contributed by atoms with E-state index >= 15 is 0 Å². The Kier molecular flexibility index (Phi) is 5.92. The Labute approximate surface area is 124 Å². The number of hydrogen-bond donors (Lipinski definition) is 0. The van der Waals surface area contributed by atoms with Crippen molar-refractivity contribution < 1.29 is 22.3 Å². The zero-order valence-corrected chi connectivity index (χ0v) is 12.8. The van der Waals surface area contributed by atoms with Gasteiger partial charge in [0.1, 0.15) is 10.7 Å². The second kappa shape index (κ2) is 7.24. The number of halogens is 1. The molecule has 0 amide bonds. The third kappa shape index (κ3) is 3.62. The molecule has 21 heavy (non-hydrogen) atoms. The van der Waals surface area contributed by atoms with Crippen molar-refractivity contribution in [2.24, 2.45) is 0 Å². The number of hydrogen-bond acceptors (Lipinski definition) is 4. The van der Waals surface area contributed by atoms with Crippen LogP contribution in [0.15, 0.2) is 42.3 Å². The molecule has 0 spiro atoms.